The first-order chi connectivity index (χ1) is 15.4. The van der Waals surface area contributed by atoms with Crippen molar-refractivity contribution in [1.82, 2.24) is 14.9 Å². The molecule has 0 aliphatic heterocycles. The van der Waals surface area contributed by atoms with Gasteiger partial charge in [0.25, 0.3) is 0 Å². The highest BCUT2D eigenvalue weighted by Gasteiger charge is 2.12. The van der Waals surface area contributed by atoms with Gasteiger partial charge in [-0.25, -0.2) is 18.5 Å². The van der Waals surface area contributed by atoms with Crippen LogP contribution in [0.2, 0.25) is 0 Å². The van der Waals surface area contributed by atoms with Crippen molar-refractivity contribution in [1.29, 1.82) is 0 Å². The second kappa shape index (κ2) is 9.47. The highest BCUT2D eigenvalue weighted by molar-refractivity contribution is 7.89. The van der Waals surface area contributed by atoms with Gasteiger partial charge in [0.15, 0.2) is 0 Å². The Kier molecular flexibility index (Phi) is 6.50. The average Bonchev–Trinajstić information content (AvgIpc) is 3.43. The van der Waals surface area contributed by atoms with Crippen LogP contribution < -0.4 is 10.5 Å². The van der Waals surface area contributed by atoms with Gasteiger partial charge in [0.2, 0.25) is 15.9 Å². The molecule has 7 nitrogen and oxygen atoms in total. The SMILES string of the molecule is NS(=O)(=O)c1ccc(CCNC(=O)Cn2cccc2-c2nc(-c3ccccc3)cs2)cc1. The summed E-state index contributed by atoms with van der Waals surface area (Å²) in [6.07, 6.45) is 2.45. The van der Waals surface area contributed by atoms with E-state index in [2.05, 4.69) is 5.32 Å². The molecule has 4 rings (SSSR count). The van der Waals surface area contributed by atoms with Gasteiger partial charge in [-0.1, -0.05) is 42.5 Å². The van der Waals surface area contributed by atoms with Crippen molar-refractivity contribution in [3.63, 3.8) is 0 Å². The molecule has 1 amide bonds. The summed E-state index contributed by atoms with van der Waals surface area (Å²) in [6.45, 7) is 0.631. The predicted molar refractivity (Wildman–Crippen MR) is 126 cm³/mol. The maximum Gasteiger partial charge on any atom is 0.239 e. The molecule has 0 fully saturated rings. The fourth-order valence-corrected chi connectivity index (χ4v) is 4.67. The van der Waals surface area contributed by atoms with Crippen LogP contribution in [0.1, 0.15) is 5.56 Å². The van der Waals surface area contributed by atoms with Crippen molar-refractivity contribution >= 4 is 27.3 Å². The molecule has 0 atom stereocenters. The Morgan fingerprint density at radius 3 is 2.50 bits per heavy atom. The summed E-state index contributed by atoms with van der Waals surface area (Å²) in [5.41, 5.74) is 3.78. The van der Waals surface area contributed by atoms with Gasteiger partial charge < -0.3 is 9.88 Å². The summed E-state index contributed by atoms with van der Waals surface area (Å²) in [6, 6.07) is 20.2. The van der Waals surface area contributed by atoms with Gasteiger partial charge >= 0.3 is 0 Å². The Bertz CT molecular complexity index is 1310. The molecule has 0 spiro atoms. The molecule has 2 aromatic carbocycles. The fraction of sp³-hybridized carbons (Fsp3) is 0.130. The monoisotopic (exact) mass is 466 g/mol. The van der Waals surface area contributed by atoms with Gasteiger partial charge in [0.05, 0.1) is 16.3 Å². The third-order valence-corrected chi connectivity index (χ3v) is 6.72. The number of benzene rings is 2. The summed E-state index contributed by atoms with van der Waals surface area (Å²) in [7, 11) is -3.70. The van der Waals surface area contributed by atoms with Gasteiger partial charge in [-0.2, -0.15) is 0 Å². The second-order valence-electron chi connectivity index (χ2n) is 7.21. The summed E-state index contributed by atoms with van der Waals surface area (Å²) < 4.78 is 24.5. The number of primary sulfonamides is 1. The average molecular weight is 467 g/mol. The number of aromatic nitrogens is 2. The number of nitrogens with one attached hydrogen (secondary N) is 1. The molecule has 0 aliphatic rings. The van der Waals surface area contributed by atoms with E-state index in [0.717, 1.165) is 27.5 Å². The van der Waals surface area contributed by atoms with Crippen LogP contribution in [0.3, 0.4) is 0 Å². The van der Waals surface area contributed by atoms with Gasteiger partial charge in [-0.15, -0.1) is 11.3 Å². The highest BCUT2D eigenvalue weighted by Crippen LogP contribution is 2.29. The quantitative estimate of drug-likeness (QED) is 0.415. The normalized spacial score (nSPS) is 11.4. The van der Waals surface area contributed by atoms with E-state index < -0.39 is 10.0 Å². The molecule has 4 aromatic rings. The highest BCUT2D eigenvalue weighted by atomic mass is 32.2. The molecule has 0 bridgehead atoms. The Morgan fingerprint density at radius 2 is 1.78 bits per heavy atom. The fourth-order valence-electron chi connectivity index (χ4n) is 3.28. The Morgan fingerprint density at radius 1 is 1.03 bits per heavy atom. The van der Waals surface area contributed by atoms with Crippen molar-refractivity contribution in [2.45, 2.75) is 17.9 Å². The van der Waals surface area contributed by atoms with E-state index in [0.29, 0.717) is 13.0 Å². The number of carbonyl (C=O) groups excluding carboxylic acids is 1. The number of thiazole rings is 1. The topological polar surface area (TPSA) is 107 Å². The van der Waals surface area contributed by atoms with E-state index >= 15 is 0 Å². The van der Waals surface area contributed by atoms with Gasteiger partial charge in [-0.05, 0) is 36.2 Å². The lowest BCUT2D eigenvalue weighted by atomic mass is 10.1. The van der Waals surface area contributed by atoms with E-state index in [1.54, 1.807) is 23.5 Å². The van der Waals surface area contributed by atoms with Gasteiger partial charge in [-0.3, -0.25) is 4.79 Å². The molecule has 2 heterocycles. The molecule has 0 radical (unpaired) electrons. The van der Waals surface area contributed by atoms with E-state index in [1.807, 2.05) is 58.6 Å². The van der Waals surface area contributed by atoms with Crippen molar-refractivity contribution in [3.05, 3.63) is 83.9 Å². The van der Waals surface area contributed by atoms with Crippen molar-refractivity contribution < 1.29 is 13.2 Å². The molecule has 0 saturated heterocycles. The molecule has 164 valence electrons. The Balaban J connectivity index is 1.34. The standard InChI is InChI=1S/C23H22N4O3S2/c24-32(29,30)19-10-8-17(9-11-19)12-13-25-22(28)15-27-14-4-7-21(27)23-26-20(16-31-23)18-5-2-1-3-6-18/h1-11,14,16H,12-13,15H2,(H,25,28)(H2,24,29,30). The number of nitrogens with two attached hydrogens (primary N) is 1. The van der Waals surface area contributed by atoms with Gasteiger partial charge in [0, 0.05) is 23.7 Å². The van der Waals surface area contributed by atoms with Crippen LogP contribution >= 0.6 is 11.3 Å². The van der Waals surface area contributed by atoms with Gasteiger partial charge in [0.1, 0.15) is 11.6 Å². The lowest BCUT2D eigenvalue weighted by molar-refractivity contribution is -0.121. The maximum absolute atomic E-state index is 12.5. The molecule has 0 saturated carbocycles. The number of amides is 1. The van der Waals surface area contributed by atoms with Crippen LogP contribution in [0.15, 0.2) is 83.2 Å². The minimum atomic E-state index is -3.70. The summed E-state index contributed by atoms with van der Waals surface area (Å²) in [4.78, 5) is 17.3. The third-order valence-electron chi connectivity index (χ3n) is 4.92. The molecule has 0 unspecified atom stereocenters. The zero-order valence-corrected chi connectivity index (χ0v) is 18.8. The minimum absolute atomic E-state index is 0.0723. The summed E-state index contributed by atoms with van der Waals surface area (Å²) >= 11 is 1.55. The number of carbonyl (C=O) groups is 1. The lowest BCUT2D eigenvalue weighted by Gasteiger charge is -2.09. The Hall–Kier alpha value is -3.27. The maximum atomic E-state index is 12.5. The number of hydrogen-bond acceptors (Lipinski definition) is 5. The van der Waals surface area contributed by atoms with E-state index in [-0.39, 0.29) is 17.3 Å². The number of hydrogen-bond donors (Lipinski definition) is 2. The van der Waals surface area contributed by atoms with Crippen LogP contribution in [0.5, 0.6) is 0 Å². The number of sulfonamides is 1. The van der Waals surface area contributed by atoms with Crippen molar-refractivity contribution in [2.24, 2.45) is 5.14 Å². The summed E-state index contributed by atoms with van der Waals surface area (Å²) in [5, 5.41) is 10.9. The number of rotatable bonds is 8. The zero-order chi connectivity index (χ0) is 22.6. The first kappa shape index (κ1) is 21.9. The third kappa shape index (κ3) is 5.31. The van der Waals surface area contributed by atoms with Crippen molar-refractivity contribution in [3.8, 4) is 22.0 Å². The molecule has 32 heavy (non-hydrogen) atoms. The zero-order valence-electron chi connectivity index (χ0n) is 17.1. The molecular formula is C23H22N4O3S2. The largest absolute Gasteiger partial charge is 0.354 e. The minimum Gasteiger partial charge on any atom is -0.354 e. The molecule has 3 N–H and O–H groups in total. The van der Waals surface area contributed by atoms with E-state index in [4.69, 9.17) is 10.1 Å². The smallest absolute Gasteiger partial charge is 0.239 e. The summed E-state index contributed by atoms with van der Waals surface area (Å²) in [5.74, 6) is -0.108. The van der Waals surface area contributed by atoms with Crippen molar-refractivity contribution in [2.75, 3.05) is 6.54 Å². The van der Waals surface area contributed by atoms with Crippen LogP contribution in [-0.4, -0.2) is 30.4 Å². The predicted octanol–water partition coefficient (Wildman–Crippen LogP) is 3.28. The van der Waals surface area contributed by atoms with Crippen LogP contribution in [0, 0.1) is 0 Å². The number of nitrogens with zero attached hydrogens (tertiary/aromatic N) is 2. The van der Waals surface area contributed by atoms with E-state index in [9.17, 15) is 13.2 Å². The first-order valence-corrected chi connectivity index (χ1v) is 12.4. The van der Waals surface area contributed by atoms with Crippen LogP contribution in [-0.2, 0) is 27.8 Å². The molecule has 0 aliphatic carbocycles. The van der Waals surface area contributed by atoms with Crippen LogP contribution in [0.25, 0.3) is 22.0 Å². The van der Waals surface area contributed by atoms with E-state index in [1.165, 1.54) is 12.1 Å². The first-order valence-electron chi connectivity index (χ1n) is 9.95. The molecule has 2 aromatic heterocycles. The Labute approximate surface area is 190 Å². The molecule has 9 heteroatoms. The second-order valence-corrected chi connectivity index (χ2v) is 9.63. The lowest BCUT2D eigenvalue weighted by Crippen LogP contribution is -2.29. The van der Waals surface area contributed by atoms with Crippen LogP contribution in [0.4, 0.5) is 0 Å². The molecular weight excluding hydrogens is 444 g/mol.